The van der Waals surface area contributed by atoms with Gasteiger partial charge in [-0.05, 0) is 70.8 Å². The van der Waals surface area contributed by atoms with Crippen molar-refractivity contribution in [3.63, 3.8) is 0 Å². The summed E-state index contributed by atoms with van der Waals surface area (Å²) in [6, 6.07) is 30.9. The minimum absolute atomic E-state index is 0.865. The van der Waals surface area contributed by atoms with Crippen LogP contribution in [0.15, 0.2) is 91.1 Å². The zero-order valence-corrected chi connectivity index (χ0v) is 21.1. The summed E-state index contributed by atoms with van der Waals surface area (Å²) in [5.74, 6) is 0.865. The molecule has 0 aliphatic rings. The molecule has 174 valence electrons. The van der Waals surface area contributed by atoms with Crippen LogP contribution >= 0.6 is 11.3 Å². The molecule has 7 rings (SSSR count). The minimum Gasteiger partial charge on any atom is -0.282 e. The normalized spacial score (nSPS) is 11.8. The second kappa shape index (κ2) is 8.28. The summed E-state index contributed by atoms with van der Waals surface area (Å²) < 4.78 is 4.81. The van der Waals surface area contributed by atoms with Gasteiger partial charge in [-0.1, -0.05) is 68.4 Å². The molecule has 0 saturated carbocycles. The van der Waals surface area contributed by atoms with Gasteiger partial charge in [-0.2, -0.15) is 0 Å². The van der Waals surface area contributed by atoms with E-state index in [1.54, 1.807) is 0 Å². The van der Waals surface area contributed by atoms with Gasteiger partial charge in [-0.25, -0.2) is 0 Å². The predicted octanol–water partition coefficient (Wildman–Crippen LogP) is 8.71. The van der Waals surface area contributed by atoms with Gasteiger partial charge in [0.25, 0.3) is 0 Å². The van der Waals surface area contributed by atoms with E-state index < -0.39 is 0 Å². The van der Waals surface area contributed by atoms with Gasteiger partial charge in [0.1, 0.15) is 0 Å². The number of nitrogens with zero attached hydrogens (tertiary/aromatic N) is 3. The molecule has 3 heterocycles. The molecule has 0 saturated heterocycles. The summed E-state index contributed by atoms with van der Waals surface area (Å²) in [5.41, 5.74) is 7.27. The SMILES string of the molecule is CCc1ccc2sc3c(-c4ccc(-c5nnc6c7ccccc7ccn56)cc4)cc(CC)cc3c2c1. The number of thiophene rings is 1. The van der Waals surface area contributed by atoms with Gasteiger partial charge in [-0.15, -0.1) is 21.5 Å². The Bertz CT molecular complexity index is 1910. The molecule has 0 aliphatic carbocycles. The van der Waals surface area contributed by atoms with Crippen LogP contribution in [0.2, 0.25) is 0 Å². The zero-order valence-electron chi connectivity index (χ0n) is 20.3. The summed E-state index contributed by atoms with van der Waals surface area (Å²) in [6.45, 7) is 4.46. The van der Waals surface area contributed by atoms with Crippen LogP contribution in [0.1, 0.15) is 25.0 Å². The maximum absolute atomic E-state index is 4.56. The summed E-state index contributed by atoms with van der Waals surface area (Å²) in [5, 5.41) is 14.1. The Hall–Kier alpha value is -4.02. The van der Waals surface area contributed by atoms with Gasteiger partial charge in [0.05, 0.1) is 0 Å². The predicted molar refractivity (Wildman–Crippen MR) is 153 cm³/mol. The monoisotopic (exact) mass is 483 g/mol. The van der Waals surface area contributed by atoms with Crippen LogP contribution in [-0.4, -0.2) is 14.6 Å². The Morgan fingerprint density at radius 3 is 2.31 bits per heavy atom. The largest absolute Gasteiger partial charge is 0.282 e. The number of aromatic nitrogens is 3. The highest BCUT2D eigenvalue weighted by atomic mass is 32.1. The molecule has 4 heteroatoms. The lowest BCUT2D eigenvalue weighted by atomic mass is 9.97. The summed E-state index contributed by atoms with van der Waals surface area (Å²) in [7, 11) is 0. The van der Waals surface area contributed by atoms with Gasteiger partial charge in [0.15, 0.2) is 11.5 Å². The van der Waals surface area contributed by atoms with E-state index in [0.717, 1.165) is 35.3 Å². The highest BCUT2D eigenvalue weighted by molar-refractivity contribution is 7.26. The first kappa shape index (κ1) is 21.3. The molecular formula is C32H25N3S. The fourth-order valence-electron chi connectivity index (χ4n) is 5.24. The third-order valence-electron chi connectivity index (χ3n) is 7.27. The molecule has 0 radical (unpaired) electrons. The molecule has 0 aliphatic heterocycles. The van der Waals surface area contributed by atoms with E-state index >= 15 is 0 Å². The van der Waals surface area contributed by atoms with Crippen LogP contribution in [0, 0.1) is 0 Å². The standard InChI is InChI=1S/C32H25N3S/c1-3-20-9-14-29-27(17-20)28-19-21(4-2)18-26(30(28)36-29)23-10-12-24(13-11-23)31-33-34-32-25-8-6-5-7-22(25)15-16-35(31)32/h5-19H,3-4H2,1-2H3. The molecule has 36 heavy (non-hydrogen) atoms. The average Bonchev–Trinajstić information content (AvgIpc) is 3.54. The lowest BCUT2D eigenvalue weighted by molar-refractivity contribution is 1.11. The number of benzene rings is 4. The van der Waals surface area contributed by atoms with E-state index in [2.05, 4.69) is 114 Å². The number of rotatable bonds is 4. The fourth-order valence-corrected chi connectivity index (χ4v) is 6.44. The molecule has 0 spiro atoms. The average molecular weight is 484 g/mol. The number of aryl methyl sites for hydroxylation is 2. The number of hydrogen-bond acceptors (Lipinski definition) is 3. The zero-order chi connectivity index (χ0) is 24.2. The van der Waals surface area contributed by atoms with Gasteiger partial charge >= 0.3 is 0 Å². The highest BCUT2D eigenvalue weighted by Gasteiger charge is 2.15. The Morgan fingerprint density at radius 1 is 0.694 bits per heavy atom. The third-order valence-corrected chi connectivity index (χ3v) is 8.49. The molecule has 0 bridgehead atoms. The maximum Gasteiger partial charge on any atom is 0.168 e. The van der Waals surface area contributed by atoms with Crippen molar-refractivity contribution in [3.8, 4) is 22.5 Å². The van der Waals surface area contributed by atoms with Crippen LogP contribution in [0.3, 0.4) is 0 Å². The number of fused-ring (bicyclic) bond motifs is 6. The van der Waals surface area contributed by atoms with Crippen LogP contribution < -0.4 is 0 Å². The summed E-state index contributed by atoms with van der Waals surface area (Å²) in [6.07, 6.45) is 4.14. The first-order valence-corrected chi connectivity index (χ1v) is 13.4. The first-order chi connectivity index (χ1) is 17.7. The lowest BCUT2D eigenvalue weighted by Gasteiger charge is -2.09. The quantitative estimate of drug-likeness (QED) is 0.251. The second-order valence-corrected chi connectivity index (χ2v) is 10.4. The van der Waals surface area contributed by atoms with Crippen molar-refractivity contribution < 1.29 is 0 Å². The van der Waals surface area contributed by atoms with E-state index in [4.69, 9.17) is 0 Å². The summed E-state index contributed by atoms with van der Waals surface area (Å²) in [4.78, 5) is 0. The molecule has 0 fully saturated rings. The van der Waals surface area contributed by atoms with E-state index in [0.29, 0.717) is 0 Å². The molecule has 3 nitrogen and oxygen atoms in total. The number of hydrogen-bond donors (Lipinski definition) is 0. The molecule has 0 unspecified atom stereocenters. The molecular weight excluding hydrogens is 458 g/mol. The Kier molecular flexibility index (Phi) is 4.90. The van der Waals surface area contributed by atoms with Crippen LogP contribution in [-0.2, 0) is 12.8 Å². The van der Waals surface area contributed by atoms with Crippen molar-refractivity contribution in [1.29, 1.82) is 0 Å². The van der Waals surface area contributed by atoms with Crippen molar-refractivity contribution in [2.45, 2.75) is 26.7 Å². The summed E-state index contributed by atoms with van der Waals surface area (Å²) >= 11 is 1.90. The van der Waals surface area contributed by atoms with Crippen molar-refractivity contribution in [2.24, 2.45) is 0 Å². The van der Waals surface area contributed by atoms with Crippen LogP contribution in [0.4, 0.5) is 0 Å². The highest BCUT2D eigenvalue weighted by Crippen LogP contribution is 2.41. The van der Waals surface area contributed by atoms with Crippen LogP contribution in [0.5, 0.6) is 0 Å². The second-order valence-electron chi connectivity index (χ2n) is 9.36. The van der Waals surface area contributed by atoms with Gasteiger partial charge in [0.2, 0.25) is 0 Å². The first-order valence-electron chi connectivity index (χ1n) is 12.5. The molecule has 3 aromatic heterocycles. The molecule has 0 N–H and O–H groups in total. The van der Waals surface area contributed by atoms with Gasteiger partial charge in [0, 0.05) is 37.3 Å². The molecule has 7 aromatic rings. The smallest absolute Gasteiger partial charge is 0.168 e. The third kappa shape index (κ3) is 3.25. The molecule has 0 atom stereocenters. The molecule has 0 amide bonds. The van der Waals surface area contributed by atoms with Crippen molar-refractivity contribution in [2.75, 3.05) is 0 Å². The van der Waals surface area contributed by atoms with Crippen molar-refractivity contribution >= 4 is 47.9 Å². The minimum atomic E-state index is 0.865. The Morgan fingerprint density at radius 2 is 1.47 bits per heavy atom. The van der Waals surface area contributed by atoms with Crippen LogP contribution in [0.25, 0.3) is 59.1 Å². The van der Waals surface area contributed by atoms with Gasteiger partial charge in [-0.3, -0.25) is 4.40 Å². The van der Waals surface area contributed by atoms with Crippen molar-refractivity contribution in [3.05, 3.63) is 102 Å². The topological polar surface area (TPSA) is 30.2 Å². The van der Waals surface area contributed by atoms with E-state index in [1.807, 2.05) is 17.4 Å². The Balaban J connectivity index is 1.36. The van der Waals surface area contributed by atoms with E-state index in [-0.39, 0.29) is 0 Å². The van der Waals surface area contributed by atoms with E-state index in [1.165, 1.54) is 47.8 Å². The maximum atomic E-state index is 4.56. The molecule has 4 aromatic carbocycles. The van der Waals surface area contributed by atoms with Crippen molar-refractivity contribution in [1.82, 2.24) is 14.6 Å². The fraction of sp³-hybridized carbons (Fsp3) is 0.125. The Labute approximate surface area is 213 Å². The number of pyridine rings is 1. The van der Waals surface area contributed by atoms with E-state index in [9.17, 15) is 0 Å². The lowest BCUT2D eigenvalue weighted by Crippen LogP contribution is -1.90. The van der Waals surface area contributed by atoms with Gasteiger partial charge < -0.3 is 0 Å².